The largest absolute Gasteiger partial charge is 0.353 e. The second kappa shape index (κ2) is 9.45. The van der Waals surface area contributed by atoms with Gasteiger partial charge in [0.05, 0.1) is 0 Å². The van der Waals surface area contributed by atoms with Crippen LogP contribution < -0.4 is 5.32 Å². The Morgan fingerprint density at radius 2 is 2.00 bits per heavy atom. The summed E-state index contributed by atoms with van der Waals surface area (Å²) in [7, 11) is 0. The molecule has 1 aliphatic rings. The summed E-state index contributed by atoms with van der Waals surface area (Å²) in [5, 5.41) is 4.40. The van der Waals surface area contributed by atoms with E-state index in [0.29, 0.717) is 28.9 Å². The summed E-state index contributed by atoms with van der Waals surface area (Å²) in [6.45, 7) is 7.34. The minimum absolute atomic E-state index is 0.101. The number of hydrogen-bond acceptors (Lipinski definition) is 2. The van der Waals surface area contributed by atoms with Crippen LogP contribution in [0.25, 0.3) is 0 Å². The fourth-order valence-corrected chi connectivity index (χ4v) is 3.35. The van der Waals surface area contributed by atoms with Gasteiger partial charge in [-0.05, 0) is 50.8 Å². The number of rotatable bonds is 6. The molecule has 0 aliphatic carbocycles. The first kappa shape index (κ1) is 19.3. The van der Waals surface area contributed by atoms with Gasteiger partial charge in [0.1, 0.15) is 0 Å². The number of amides is 1. The van der Waals surface area contributed by atoms with Crippen LogP contribution in [0, 0.1) is 0 Å². The van der Waals surface area contributed by atoms with E-state index in [9.17, 15) is 4.79 Å². The van der Waals surface area contributed by atoms with Crippen LogP contribution in [-0.2, 0) is 11.2 Å². The molecule has 5 heteroatoms. The van der Waals surface area contributed by atoms with E-state index in [4.69, 9.17) is 23.2 Å². The minimum Gasteiger partial charge on any atom is -0.353 e. The second-order valence-electron chi connectivity index (χ2n) is 6.66. The molecule has 1 amide bonds. The molecule has 0 atom stereocenters. The molecule has 0 saturated carbocycles. The number of carbonyl (C=O) groups is 1. The quantitative estimate of drug-likeness (QED) is 0.751. The highest BCUT2D eigenvalue weighted by Crippen LogP contribution is 2.22. The Hall–Kier alpha value is -1.03. The Balaban J connectivity index is 1.71. The summed E-state index contributed by atoms with van der Waals surface area (Å²) < 4.78 is 0. The van der Waals surface area contributed by atoms with Crippen molar-refractivity contribution in [2.24, 2.45) is 0 Å². The summed E-state index contributed by atoms with van der Waals surface area (Å²) in [5.41, 5.74) is 2.32. The van der Waals surface area contributed by atoms with Gasteiger partial charge in [-0.1, -0.05) is 40.9 Å². The Labute approximate surface area is 155 Å². The number of nitrogens with zero attached hydrogens (tertiary/aromatic N) is 1. The molecule has 1 N–H and O–H groups in total. The molecule has 1 aromatic rings. The molecule has 132 valence electrons. The highest BCUT2D eigenvalue weighted by Gasteiger charge is 2.19. The van der Waals surface area contributed by atoms with Gasteiger partial charge < -0.3 is 5.32 Å². The van der Waals surface area contributed by atoms with Crippen LogP contribution in [0.15, 0.2) is 29.8 Å². The minimum atomic E-state index is 0.101. The summed E-state index contributed by atoms with van der Waals surface area (Å²) in [5.74, 6) is 0.101. The third-order valence-corrected chi connectivity index (χ3v) is 4.93. The maximum Gasteiger partial charge on any atom is 0.220 e. The van der Waals surface area contributed by atoms with E-state index in [-0.39, 0.29) is 5.91 Å². The molecule has 1 fully saturated rings. The molecule has 0 spiro atoms. The second-order valence-corrected chi connectivity index (χ2v) is 7.50. The highest BCUT2D eigenvalue weighted by atomic mass is 35.5. The van der Waals surface area contributed by atoms with Crippen molar-refractivity contribution in [1.29, 1.82) is 0 Å². The summed E-state index contributed by atoms with van der Waals surface area (Å²) in [6, 6.07) is 5.71. The van der Waals surface area contributed by atoms with E-state index in [0.717, 1.165) is 38.0 Å². The van der Waals surface area contributed by atoms with Gasteiger partial charge >= 0.3 is 0 Å². The van der Waals surface area contributed by atoms with E-state index < -0.39 is 0 Å². The van der Waals surface area contributed by atoms with Gasteiger partial charge in [0, 0.05) is 42.1 Å². The maximum atomic E-state index is 12.2. The zero-order valence-electron chi connectivity index (χ0n) is 14.4. The lowest BCUT2D eigenvalue weighted by molar-refractivity contribution is -0.122. The molecular formula is C19H26Cl2N2O. The summed E-state index contributed by atoms with van der Waals surface area (Å²) in [6.07, 6.45) is 5.39. The number of halogens is 2. The molecule has 24 heavy (non-hydrogen) atoms. The Bertz CT molecular complexity index is 589. The summed E-state index contributed by atoms with van der Waals surface area (Å²) in [4.78, 5) is 14.6. The number of hydrogen-bond donors (Lipinski definition) is 1. The fraction of sp³-hybridized carbons (Fsp3) is 0.526. The van der Waals surface area contributed by atoms with Gasteiger partial charge in [0.2, 0.25) is 5.91 Å². The molecule has 3 nitrogen and oxygen atoms in total. The number of benzene rings is 1. The lowest BCUT2D eigenvalue weighted by atomic mass is 10.0. The van der Waals surface area contributed by atoms with Crippen molar-refractivity contribution in [3.63, 3.8) is 0 Å². The van der Waals surface area contributed by atoms with Gasteiger partial charge in [-0.25, -0.2) is 0 Å². The first-order valence-electron chi connectivity index (χ1n) is 8.53. The maximum absolute atomic E-state index is 12.2. The van der Waals surface area contributed by atoms with Crippen LogP contribution in [0.4, 0.5) is 0 Å². The van der Waals surface area contributed by atoms with Crippen molar-refractivity contribution in [2.45, 2.75) is 45.6 Å². The predicted molar refractivity (Wildman–Crippen MR) is 102 cm³/mol. The fourth-order valence-electron chi connectivity index (χ4n) is 2.84. The van der Waals surface area contributed by atoms with E-state index in [1.54, 1.807) is 6.07 Å². The number of aryl methyl sites for hydroxylation is 1. The monoisotopic (exact) mass is 368 g/mol. The first-order valence-corrected chi connectivity index (χ1v) is 9.28. The SMILES string of the molecule is CC(C)=CCN1CCC(NC(=O)CCc2ccc(Cl)cc2Cl)CC1. The number of piperidine rings is 1. The number of nitrogens with one attached hydrogen (secondary N) is 1. The molecule has 1 aromatic carbocycles. The molecule has 0 bridgehead atoms. The zero-order valence-corrected chi connectivity index (χ0v) is 16.0. The van der Waals surface area contributed by atoms with Crippen LogP contribution in [0.5, 0.6) is 0 Å². The average Bonchev–Trinajstić information content (AvgIpc) is 2.53. The van der Waals surface area contributed by atoms with E-state index >= 15 is 0 Å². The molecular weight excluding hydrogens is 343 g/mol. The van der Waals surface area contributed by atoms with Crippen molar-refractivity contribution in [1.82, 2.24) is 10.2 Å². The van der Waals surface area contributed by atoms with E-state index in [1.807, 2.05) is 12.1 Å². The van der Waals surface area contributed by atoms with Crippen LogP contribution >= 0.6 is 23.2 Å². The standard InChI is InChI=1S/C19H26Cl2N2O/c1-14(2)7-10-23-11-8-17(9-12-23)22-19(24)6-4-15-3-5-16(20)13-18(15)21/h3,5,7,13,17H,4,6,8-12H2,1-2H3,(H,22,24). The van der Waals surface area contributed by atoms with Crippen molar-refractivity contribution in [2.75, 3.05) is 19.6 Å². The van der Waals surface area contributed by atoms with Crippen LogP contribution in [-0.4, -0.2) is 36.5 Å². The Kier molecular flexibility index (Phi) is 7.60. The van der Waals surface area contributed by atoms with Crippen LogP contribution in [0.1, 0.15) is 38.7 Å². The van der Waals surface area contributed by atoms with Gasteiger partial charge in [0.25, 0.3) is 0 Å². The lowest BCUT2D eigenvalue weighted by Gasteiger charge is -2.31. The Morgan fingerprint density at radius 1 is 1.29 bits per heavy atom. The molecule has 0 radical (unpaired) electrons. The normalized spacial score (nSPS) is 16.0. The van der Waals surface area contributed by atoms with Crippen molar-refractivity contribution < 1.29 is 4.79 Å². The third-order valence-electron chi connectivity index (χ3n) is 4.35. The Morgan fingerprint density at radius 3 is 2.62 bits per heavy atom. The topological polar surface area (TPSA) is 32.3 Å². The highest BCUT2D eigenvalue weighted by molar-refractivity contribution is 6.35. The van der Waals surface area contributed by atoms with Crippen molar-refractivity contribution in [3.8, 4) is 0 Å². The first-order chi connectivity index (χ1) is 11.4. The summed E-state index contributed by atoms with van der Waals surface area (Å²) >= 11 is 12.0. The molecule has 0 unspecified atom stereocenters. The van der Waals surface area contributed by atoms with Crippen molar-refractivity contribution >= 4 is 29.1 Å². The van der Waals surface area contributed by atoms with E-state index in [1.165, 1.54) is 5.57 Å². The number of likely N-dealkylation sites (tertiary alicyclic amines) is 1. The number of carbonyl (C=O) groups excluding carboxylic acids is 1. The third kappa shape index (κ3) is 6.46. The van der Waals surface area contributed by atoms with Gasteiger partial charge in [-0.2, -0.15) is 0 Å². The molecule has 1 aliphatic heterocycles. The molecule has 1 heterocycles. The molecule has 2 rings (SSSR count). The van der Waals surface area contributed by atoms with Gasteiger partial charge in [-0.3, -0.25) is 9.69 Å². The van der Waals surface area contributed by atoms with Crippen molar-refractivity contribution in [3.05, 3.63) is 45.5 Å². The predicted octanol–water partition coefficient (Wildman–Crippen LogP) is 4.47. The molecule has 1 saturated heterocycles. The zero-order chi connectivity index (χ0) is 17.5. The smallest absolute Gasteiger partial charge is 0.220 e. The van der Waals surface area contributed by atoms with Crippen LogP contribution in [0.3, 0.4) is 0 Å². The number of allylic oxidation sites excluding steroid dienone is 1. The lowest BCUT2D eigenvalue weighted by Crippen LogP contribution is -2.44. The van der Waals surface area contributed by atoms with Gasteiger partial charge in [-0.15, -0.1) is 0 Å². The van der Waals surface area contributed by atoms with Crippen LogP contribution in [0.2, 0.25) is 10.0 Å². The van der Waals surface area contributed by atoms with Gasteiger partial charge in [0.15, 0.2) is 0 Å². The molecule has 0 aromatic heterocycles. The van der Waals surface area contributed by atoms with E-state index in [2.05, 4.69) is 30.1 Å². The average molecular weight is 369 g/mol.